The standard InChI is InChI=1S/C17H18BrNOS/c1-11-6-14(18)7-13(9-19)17(11)20-10-15-8-12-4-2-3-5-16(12)21-15/h2-7,15H,8-10,19H2,1H3. The van der Waals surface area contributed by atoms with Crippen LogP contribution in [0.3, 0.4) is 0 Å². The van der Waals surface area contributed by atoms with Gasteiger partial charge < -0.3 is 10.5 Å². The zero-order valence-corrected chi connectivity index (χ0v) is 14.3. The van der Waals surface area contributed by atoms with Crippen molar-refractivity contribution in [2.45, 2.75) is 30.0 Å². The summed E-state index contributed by atoms with van der Waals surface area (Å²) in [7, 11) is 0. The molecule has 0 radical (unpaired) electrons. The molecule has 1 heterocycles. The molecule has 1 atom stereocenters. The number of thioether (sulfide) groups is 1. The van der Waals surface area contributed by atoms with Crippen molar-refractivity contribution in [2.75, 3.05) is 6.61 Å². The molecule has 0 fully saturated rings. The van der Waals surface area contributed by atoms with Gasteiger partial charge in [-0.2, -0.15) is 0 Å². The summed E-state index contributed by atoms with van der Waals surface area (Å²) in [4.78, 5) is 1.39. The van der Waals surface area contributed by atoms with Gasteiger partial charge in [-0.05, 0) is 42.7 Å². The fourth-order valence-electron chi connectivity index (χ4n) is 2.68. The van der Waals surface area contributed by atoms with Gasteiger partial charge in [-0.1, -0.05) is 34.1 Å². The third-order valence-corrected chi connectivity index (χ3v) is 5.41. The smallest absolute Gasteiger partial charge is 0.126 e. The largest absolute Gasteiger partial charge is 0.492 e. The van der Waals surface area contributed by atoms with Crippen molar-refractivity contribution in [3.63, 3.8) is 0 Å². The lowest BCUT2D eigenvalue weighted by molar-refractivity contribution is 0.312. The number of fused-ring (bicyclic) bond motifs is 1. The molecule has 110 valence electrons. The van der Waals surface area contributed by atoms with Gasteiger partial charge in [0.2, 0.25) is 0 Å². The van der Waals surface area contributed by atoms with Crippen molar-refractivity contribution in [1.29, 1.82) is 0 Å². The minimum atomic E-state index is 0.482. The Kier molecular flexibility index (Phi) is 4.57. The minimum absolute atomic E-state index is 0.482. The normalized spacial score (nSPS) is 16.8. The van der Waals surface area contributed by atoms with Crippen LogP contribution in [0.2, 0.25) is 0 Å². The first-order valence-electron chi connectivity index (χ1n) is 7.04. The monoisotopic (exact) mass is 363 g/mol. The summed E-state index contributed by atoms with van der Waals surface area (Å²) in [5.41, 5.74) is 9.46. The molecule has 0 spiro atoms. The summed E-state index contributed by atoms with van der Waals surface area (Å²) >= 11 is 5.42. The van der Waals surface area contributed by atoms with Gasteiger partial charge in [-0.15, -0.1) is 11.8 Å². The first kappa shape index (κ1) is 14.9. The summed E-state index contributed by atoms with van der Waals surface area (Å²) < 4.78 is 7.16. The van der Waals surface area contributed by atoms with E-state index in [-0.39, 0.29) is 0 Å². The van der Waals surface area contributed by atoms with Crippen molar-refractivity contribution in [1.82, 2.24) is 0 Å². The van der Waals surface area contributed by atoms with Gasteiger partial charge in [-0.25, -0.2) is 0 Å². The van der Waals surface area contributed by atoms with Crippen LogP contribution in [-0.4, -0.2) is 11.9 Å². The quantitative estimate of drug-likeness (QED) is 0.878. The van der Waals surface area contributed by atoms with E-state index in [0.717, 1.165) is 34.4 Å². The van der Waals surface area contributed by atoms with Crippen LogP contribution in [0.1, 0.15) is 16.7 Å². The Morgan fingerprint density at radius 2 is 2.14 bits per heavy atom. The highest BCUT2D eigenvalue weighted by atomic mass is 79.9. The van der Waals surface area contributed by atoms with E-state index in [1.54, 1.807) is 0 Å². The van der Waals surface area contributed by atoms with Crippen molar-refractivity contribution < 1.29 is 4.74 Å². The van der Waals surface area contributed by atoms with Crippen molar-refractivity contribution >= 4 is 27.7 Å². The Morgan fingerprint density at radius 1 is 1.33 bits per heavy atom. The second-order valence-electron chi connectivity index (χ2n) is 5.28. The number of halogens is 1. The van der Waals surface area contributed by atoms with Gasteiger partial charge in [0, 0.05) is 26.7 Å². The Bertz CT molecular complexity index is 634. The first-order chi connectivity index (χ1) is 10.2. The zero-order chi connectivity index (χ0) is 14.8. The van der Waals surface area contributed by atoms with E-state index >= 15 is 0 Å². The highest BCUT2D eigenvalue weighted by molar-refractivity contribution is 9.10. The number of ether oxygens (including phenoxy) is 1. The predicted octanol–water partition coefficient (Wildman–Crippen LogP) is 4.31. The lowest BCUT2D eigenvalue weighted by atomic mass is 10.1. The summed E-state index contributed by atoms with van der Waals surface area (Å²) in [5.74, 6) is 0.942. The third kappa shape index (κ3) is 3.28. The van der Waals surface area contributed by atoms with E-state index < -0.39 is 0 Å². The molecule has 4 heteroatoms. The van der Waals surface area contributed by atoms with Crippen LogP contribution in [0, 0.1) is 6.92 Å². The lowest BCUT2D eigenvalue weighted by Gasteiger charge is -2.16. The maximum absolute atomic E-state index is 6.11. The molecule has 0 saturated carbocycles. The van der Waals surface area contributed by atoms with Gasteiger partial charge in [0.25, 0.3) is 0 Å². The lowest BCUT2D eigenvalue weighted by Crippen LogP contribution is -2.15. The Hall–Kier alpha value is -0.970. The molecule has 2 aromatic rings. The number of aryl methyl sites for hydroxylation is 1. The van der Waals surface area contributed by atoms with Gasteiger partial charge in [0.15, 0.2) is 0 Å². The van der Waals surface area contributed by atoms with E-state index in [4.69, 9.17) is 10.5 Å². The Morgan fingerprint density at radius 3 is 2.90 bits per heavy atom. The molecule has 21 heavy (non-hydrogen) atoms. The molecule has 0 aliphatic carbocycles. The van der Waals surface area contributed by atoms with Gasteiger partial charge in [0.1, 0.15) is 12.4 Å². The molecular formula is C17H18BrNOS. The molecule has 0 amide bonds. The average Bonchev–Trinajstić information content (AvgIpc) is 2.88. The Balaban J connectivity index is 1.70. The van der Waals surface area contributed by atoms with Crippen molar-refractivity contribution in [3.05, 3.63) is 57.6 Å². The zero-order valence-electron chi connectivity index (χ0n) is 11.9. The average molecular weight is 364 g/mol. The fraction of sp³-hybridized carbons (Fsp3) is 0.294. The minimum Gasteiger partial charge on any atom is -0.492 e. The number of nitrogens with two attached hydrogens (primary N) is 1. The van der Waals surface area contributed by atoms with Crippen LogP contribution >= 0.6 is 27.7 Å². The van der Waals surface area contributed by atoms with Crippen LogP contribution in [0.25, 0.3) is 0 Å². The molecule has 0 bridgehead atoms. The first-order valence-corrected chi connectivity index (χ1v) is 8.71. The van der Waals surface area contributed by atoms with Crippen LogP contribution in [-0.2, 0) is 13.0 Å². The van der Waals surface area contributed by atoms with Crippen LogP contribution in [0.5, 0.6) is 5.75 Å². The van der Waals surface area contributed by atoms with E-state index in [0.29, 0.717) is 11.8 Å². The second kappa shape index (κ2) is 6.42. The molecule has 2 N–H and O–H groups in total. The third-order valence-electron chi connectivity index (χ3n) is 3.66. The molecule has 1 aliphatic heterocycles. The fourth-order valence-corrected chi connectivity index (χ4v) is 4.52. The molecule has 1 aliphatic rings. The topological polar surface area (TPSA) is 35.2 Å². The molecule has 1 unspecified atom stereocenters. The maximum atomic E-state index is 6.11. The highest BCUT2D eigenvalue weighted by Crippen LogP contribution is 2.37. The second-order valence-corrected chi connectivity index (χ2v) is 7.54. The molecule has 0 aromatic heterocycles. The number of hydrogen-bond donors (Lipinski definition) is 1. The van der Waals surface area contributed by atoms with E-state index in [9.17, 15) is 0 Å². The molecule has 0 saturated heterocycles. The van der Waals surface area contributed by atoms with Gasteiger partial charge in [-0.3, -0.25) is 0 Å². The van der Waals surface area contributed by atoms with Crippen molar-refractivity contribution in [2.24, 2.45) is 5.73 Å². The SMILES string of the molecule is Cc1cc(Br)cc(CN)c1OCC1Cc2ccccc2S1. The number of benzene rings is 2. The molecular weight excluding hydrogens is 346 g/mol. The number of hydrogen-bond acceptors (Lipinski definition) is 3. The van der Waals surface area contributed by atoms with E-state index in [1.807, 2.05) is 17.8 Å². The van der Waals surface area contributed by atoms with E-state index in [1.165, 1.54) is 10.5 Å². The van der Waals surface area contributed by atoms with Crippen molar-refractivity contribution in [3.8, 4) is 5.75 Å². The maximum Gasteiger partial charge on any atom is 0.126 e. The van der Waals surface area contributed by atoms with Crippen LogP contribution in [0.15, 0.2) is 45.8 Å². The molecule has 2 aromatic carbocycles. The van der Waals surface area contributed by atoms with Gasteiger partial charge >= 0.3 is 0 Å². The van der Waals surface area contributed by atoms with Crippen LogP contribution < -0.4 is 10.5 Å². The summed E-state index contributed by atoms with van der Waals surface area (Å²) in [6, 6.07) is 12.7. The Labute approximate surface area is 138 Å². The molecule has 3 rings (SSSR count). The summed E-state index contributed by atoms with van der Waals surface area (Å²) in [5, 5.41) is 0.482. The van der Waals surface area contributed by atoms with Gasteiger partial charge in [0.05, 0.1) is 0 Å². The summed E-state index contributed by atoms with van der Waals surface area (Å²) in [6.07, 6.45) is 1.08. The van der Waals surface area contributed by atoms with Crippen LogP contribution in [0.4, 0.5) is 0 Å². The number of rotatable bonds is 4. The van der Waals surface area contributed by atoms with E-state index in [2.05, 4.69) is 53.2 Å². The highest BCUT2D eigenvalue weighted by Gasteiger charge is 2.22. The predicted molar refractivity (Wildman–Crippen MR) is 92.1 cm³/mol. The molecule has 2 nitrogen and oxygen atoms in total. The summed E-state index contributed by atoms with van der Waals surface area (Å²) in [6.45, 7) is 3.28.